The molecule has 3 aliphatic rings. The Balaban J connectivity index is 1.34. The fourth-order valence-electron chi connectivity index (χ4n) is 4.40. The van der Waals surface area contributed by atoms with Gasteiger partial charge in [0, 0.05) is 44.3 Å². The number of nitrogens with zero attached hydrogens (tertiary/aromatic N) is 2. The maximum Gasteiger partial charge on any atom is 0.317 e. The molecule has 8 nitrogen and oxygen atoms in total. The van der Waals surface area contributed by atoms with Crippen molar-refractivity contribution < 1.29 is 14.7 Å². The highest BCUT2D eigenvalue weighted by Crippen LogP contribution is 2.19. The summed E-state index contributed by atoms with van der Waals surface area (Å²) in [4.78, 5) is 27.7. The van der Waals surface area contributed by atoms with E-state index in [4.69, 9.17) is 5.11 Å². The van der Waals surface area contributed by atoms with Crippen LogP contribution in [-0.2, 0) is 4.79 Å². The van der Waals surface area contributed by atoms with Crippen molar-refractivity contribution in [1.29, 1.82) is 0 Å². The third kappa shape index (κ3) is 5.56. The molecule has 2 heterocycles. The lowest BCUT2D eigenvalue weighted by Crippen LogP contribution is -2.57. The first-order chi connectivity index (χ1) is 12.6. The minimum absolute atomic E-state index is 0.0169. The van der Waals surface area contributed by atoms with E-state index in [1.165, 1.54) is 12.8 Å². The highest BCUT2D eigenvalue weighted by molar-refractivity contribution is 5.74. The van der Waals surface area contributed by atoms with Crippen molar-refractivity contribution in [2.45, 2.75) is 56.7 Å². The van der Waals surface area contributed by atoms with Gasteiger partial charge >= 0.3 is 12.0 Å². The first-order valence-electron chi connectivity index (χ1n) is 10.1. The maximum atomic E-state index is 12.5. The van der Waals surface area contributed by atoms with Crippen LogP contribution in [0.2, 0.25) is 0 Å². The molecule has 2 amide bonds. The van der Waals surface area contributed by atoms with E-state index < -0.39 is 5.97 Å². The summed E-state index contributed by atoms with van der Waals surface area (Å²) in [6.07, 6.45) is 6.09. The second kappa shape index (κ2) is 9.53. The van der Waals surface area contributed by atoms with Gasteiger partial charge in [-0.2, -0.15) is 0 Å². The fourth-order valence-corrected chi connectivity index (χ4v) is 4.40. The summed E-state index contributed by atoms with van der Waals surface area (Å²) in [5.74, 6) is -0.816. The molecule has 0 aromatic carbocycles. The number of carbonyl (C=O) groups is 2. The topological polar surface area (TPSA) is 96.9 Å². The molecule has 1 saturated carbocycles. The van der Waals surface area contributed by atoms with Crippen LogP contribution in [0.15, 0.2) is 0 Å². The molecule has 2 saturated heterocycles. The number of piperazine rings is 1. The molecule has 1 aliphatic carbocycles. The molecule has 0 aromatic rings. The van der Waals surface area contributed by atoms with Gasteiger partial charge in [0.25, 0.3) is 0 Å². The summed E-state index contributed by atoms with van der Waals surface area (Å²) in [6, 6.07) is 1.22. The minimum atomic E-state index is -0.816. The normalized spacial score (nSPS) is 28.7. The molecule has 3 fully saturated rings. The monoisotopic (exact) mass is 367 g/mol. The summed E-state index contributed by atoms with van der Waals surface area (Å²) < 4.78 is 0. The largest absolute Gasteiger partial charge is 0.480 e. The first-order valence-corrected chi connectivity index (χ1v) is 10.1. The van der Waals surface area contributed by atoms with Crippen LogP contribution in [0.1, 0.15) is 38.5 Å². The molecule has 3 rings (SSSR count). The molecule has 0 unspecified atom stereocenters. The average Bonchev–Trinajstić information content (AvgIpc) is 2.68. The lowest BCUT2D eigenvalue weighted by Gasteiger charge is -2.41. The van der Waals surface area contributed by atoms with Gasteiger partial charge < -0.3 is 26.0 Å². The Morgan fingerprint density at radius 3 is 2.15 bits per heavy atom. The molecular formula is C18H33N5O3. The summed E-state index contributed by atoms with van der Waals surface area (Å²) >= 11 is 0. The van der Waals surface area contributed by atoms with Gasteiger partial charge in [0.15, 0.2) is 0 Å². The second-order valence-electron chi connectivity index (χ2n) is 7.78. The van der Waals surface area contributed by atoms with Crippen molar-refractivity contribution in [3.63, 3.8) is 0 Å². The maximum absolute atomic E-state index is 12.5. The fraction of sp³-hybridized carbons (Fsp3) is 0.889. The number of carboxylic acid groups (broad SMARTS) is 1. The third-order valence-corrected chi connectivity index (χ3v) is 6.02. The van der Waals surface area contributed by atoms with E-state index in [-0.39, 0.29) is 24.7 Å². The van der Waals surface area contributed by atoms with E-state index >= 15 is 0 Å². The zero-order valence-corrected chi connectivity index (χ0v) is 15.6. The van der Waals surface area contributed by atoms with Crippen LogP contribution >= 0.6 is 0 Å². The lowest BCUT2D eigenvalue weighted by atomic mass is 9.91. The zero-order chi connectivity index (χ0) is 18.4. The number of aliphatic carboxylic acids is 1. The lowest BCUT2D eigenvalue weighted by molar-refractivity contribution is -0.136. The van der Waals surface area contributed by atoms with Crippen molar-refractivity contribution in [1.82, 2.24) is 25.8 Å². The Morgan fingerprint density at radius 2 is 1.54 bits per heavy atom. The number of nitrogens with one attached hydrogen (secondary N) is 3. The Bertz CT molecular complexity index is 467. The van der Waals surface area contributed by atoms with E-state index in [0.29, 0.717) is 6.04 Å². The highest BCUT2D eigenvalue weighted by Gasteiger charge is 2.29. The summed E-state index contributed by atoms with van der Waals surface area (Å²) in [5, 5.41) is 18.4. The Morgan fingerprint density at radius 1 is 0.923 bits per heavy atom. The first kappa shape index (κ1) is 19.4. The van der Waals surface area contributed by atoms with E-state index in [1.807, 2.05) is 4.90 Å². The van der Waals surface area contributed by atoms with Crippen molar-refractivity contribution >= 4 is 12.0 Å². The number of rotatable bonds is 5. The standard InChI is InChI=1S/C18H33N5O3/c24-17(25)13-20-14-1-3-15(4-2-14)21-18(26)23-11-9-22(10-12-23)16-5-7-19-8-6-16/h14-16,19-20H,1-13H2,(H,21,26)(H,24,25). The average molecular weight is 367 g/mol. The predicted molar refractivity (Wildman–Crippen MR) is 99.3 cm³/mol. The van der Waals surface area contributed by atoms with Crippen molar-refractivity contribution in [3.05, 3.63) is 0 Å². The molecule has 0 radical (unpaired) electrons. The Labute approximate surface area is 155 Å². The van der Waals surface area contributed by atoms with Gasteiger partial charge in [-0.25, -0.2) is 4.79 Å². The third-order valence-electron chi connectivity index (χ3n) is 6.02. The Hall–Kier alpha value is -1.38. The number of hydrogen-bond acceptors (Lipinski definition) is 5. The Kier molecular flexibility index (Phi) is 7.10. The molecule has 148 valence electrons. The van der Waals surface area contributed by atoms with Crippen LogP contribution in [0.25, 0.3) is 0 Å². The molecule has 2 aliphatic heterocycles. The number of hydrogen-bond donors (Lipinski definition) is 4. The van der Waals surface area contributed by atoms with Gasteiger partial charge in [-0.05, 0) is 51.6 Å². The molecular weight excluding hydrogens is 334 g/mol. The van der Waals surface area contributed by atoms with Crippen molar-refractivity contribution in [3.8, 4) is 0 Å². The van der Waals surface area contributed by atoms with Crippen LogP contribution in [0.4, 0.5) is 4.79 Å². The van der Waals surface area contributed by atoms with E-state index in [2.05, 4.69) is 20.9 Å². The highest BCUT2D eigenvalue weighted by atomic mass is 16.4. The van der Waals surface area contributed by atoms with Crippen LogP contribution in [0.5, 0.6) is 0 Å². The molecule has 0 bridgehead atoms. The molecule has 4 N–H and O–H groups in total. The van der Waals surface area contributed by atoms with E-state index in [1.54, 1.807) is 0 Å². The number of carboxylic acids is 1. The summed E-state index contributed by atoms with van der Waals surface area (Å²) in [5.41, 5.74) is 0. The zero-order valence-electron chi connectivity index (χ0n) is 15.6. The van der Waals surface area contributed by atoms with Crippen LogP contribution < -0.4 is 16.0 Å². The van der Waals surface area contributed by atoms with E-state index in [9.17, 15) is 9.59 Å². The van der Waals surface area contributed by atoms with Gasteiger partial charge in [0.05, 0.1) is 6.54 Å². The predicted octanol–water partition coefficient (Wildman–Crippen LogP) is 0.0510. The van der Waals surface area contributed by atoms with Gasteiger partial charge in [-0.1, -0.05) is 0 Å². The van der Waals surface area contributed by atoms with Crippen molar-refractivity contribution in [2.24, 2.45) is 0 Å². The smallest absolute Gasteiger partial charge is 0.317 e. The summed E-state index contributed by atoms with van der Waals surface area (Å²) in [6.45, 7) is 5.80. The van der Waals surface area contributed by atoms with Crippen LogP contribution in [-0.4, -0.2) is 90.8 Å². The number of urea groups is 1. The number of piperidine rings is 1. The van der Waals surface area contributed by atoms with Crippen molar-refractivity contribution in [2.75, 3.05) is 45.8 Å². The van der Waals surface area contributed by atoms with Gasteiger partial charge in [0.2, 0.25) is 0 Å². The summed E-state index contributed by atoms with van der Waals surface area (Å²) in [7, 11) is 0. The molecule has 26 heavy (non-hydrogen) atoms. The SMILES string of the molecule is O=C(O)CNC1CCC(NC(=O)N2CCN(C3CCNCC3)CC2)CC1. The van der Waals surface area contributed by atoms with Gasteiger partial charge in [0.1, 0.15) is 0 Å². The van der Waals surface area contributed by atoms with E-state index in [0.717, 1.165) is 65.0 Å². The molecule has 8 heteroatoms. The molecule has 0 aromatic heterocycles. The minimum Gasteiger partial charge on any atom is -0.480 e. The number of amides is 2. The van der Waals surface area contributed by atoms with Crippen LogP contribution in [0.3, 0.4) is 0 Å². The van der Waals surface area contributed by atoms with Crippen LogP contribution in [0, 0.1) is 0 Å². The quantitative estimate of drug-likeness (QED) is 0.548. The van der Waals surface area contributed by atoms with Gasteiger partial charge in [-0.3, -0.25) is 9.69 Å². The molecule has 0 spiro atoms. The molecule has 0 atom stereocenters. The van der Waals surface area contributed by atoms with Gasteiger partial charge in [-0.15, -0.1) is 0 Å². The number of carbonyl (C=O) groups excluding carboxylic acids is 1. The second-order valence-corrected chi connectivity index (χ2v) is 7.78.